The first-order valence-corrected chi connectivity index (χ1v) is 30.0. The fourth-order valence-electron chi connectivity index (χ4n) is 7.91. The number of nitrogens with zero attached hydrogens (tertiary/aromatic N) is 1. The lowest BCUT2D eigenvalue weighted by atomic mass is 10.0. The predicted octanol–water partition coefficient (Wildman–Crippen LogP) is 17.3. The van der Waals surface area contributed by atoms with Crippen LogP contribution in [-0.4, -0.2) is 73.4 Å². The molecule has 0 aromatic carbocycles. The lowest BCUT2D eigenvalue weighted by molar-refractivity contribution is -0.870. The molecule has 0 aromatic heterocycles. The SMILES string of the molecule is CC/C=C\C/C=C\C/C=C\C/C=C\C/C=C\CCCCCCCCCCCCCCCCCCCC(=O)NC(COP(=O)(O)OCC[N+](C)(C)C)C(O)/C=C/CC/C=C/CCCCCCCCCC. The van der Waals surface area contributed by atoms with E-state index in [1.54, 1.807) is 6.08 Å². The Morgan fingerprint density at radius 3 is 1.33 bits per heavy atom. The third-order valence-electron chi connectivity index (χ3n) is 12.3. The highest BCUT2D eigenvalue weighted by molar-refractivity contribution is 7.47. The monoisotopic (exact) mass is 986 g/mol. The Bertz CT molecular complexity index is 1400. The summed E-state index contributed by atoms with van der Waals surface area (Å²) in [6.45, 7) is 4.68. The van der Waals surface area contributed by atoms with E-state index in [4.69, 9.17) is 9.05 Å². The number of allylic oxidation sites excluding steroid dienone is 13. The molecule has 0 saturated heterocycles. The number of aliphatic hydroxyl groups excluding tert-OH is 1. The number of unbranched alkanes of at least 4 members (excludes halogenated alkanes) is 26. The van der Waals surface area contributed by atoms with Crippen molar-refractivity contribution >= 4 is 13.7 Å². The van der Waals surface area contributed by atoms with E-state index < -0.39 is 20.0 Å². The number of hydrogen-bond donors (Lipinski definition) is 3. The van der Waals surface area contributed by atoms with E-state index in [1.165, 1.54) is 148 Å². The molecule has 0 saturated carbocycles. The van der Waals surface area contributed by atoms with E-state index in [0.29, 0.717) is 17.4 Å². The van der Waals surface area contributed by atoms with E-state index in [2.05, 4.69) is 92.1 Å². The van der Waals surface area contributed by atoms with Crippen molar-refractivity contribution in [3.05, 3.63) is 85.1 Å². The molecular formula is C60H110N2O6P+. The number of nitrogens with one attached hydrogen (secondary N) is 1. The van der Waals surface area contributed by atoms with Gasteiger partial charge in [0.25, 0.3) is 0 Å². The third kappa shape index (κ3) is 53.3. The molecule has 0 rings (SSSR count). The summed E-state index contributed by atoms with van der Waals surface area (Å²) in [6.07, 6.45) is 71.2. The summed E-state index contributed by atoms with van der Waals surface area (Å²) in [6, 6.07) is -0.865. The quantitative estimate of drug-likeness (QED) is 0.0243. The number of carbonyl (C=O) groups excluding carboxylic acids is 1. The minimum atomic E-state index is -4.35. The molecule has 0 aliphatic carbocycles. The maximum absolute atomic E-state index is 13.0. The number of aliphatic hydroxyl groups is 1. The number of phosphoric ester groups is 1. The van der Waals surface area contributed by atoms with Gasteiger partial charge in [0, 0.05) is 6.42 Å². The number of amides is 1. The van der Waals surface area contributed by atoms with Crippen LogP contribution < -0.4 is 5.32 Å². The number of carbonyl (C=O) groups is 1. The number of quaternary nitrogens is 1. The Hall–Kier alpha value is -2.32. The zero-order chi connectivity index (χ0) is 50.6. The van der Waals surface area contributed by atoms with E-state index >= 15 is 0 Å². The molecule has 400 valence electrons. The van der Waals surface area contributed by atoms with Crippen LogP contribution in [0.2, 0.25) is 0 Å². The van der Waals surface area contributed by atoms with Crippen LogP contribution >= 0.6 is 7.82 Å². The van der Waals surface area contributed by atoms with Crippen LogP contribution in [0.3, 0.4) is 0 Å². The molecule has 3 N–H and O–H groups in total. The van der Waals surface area contributed by atoms with Crippen molar-refractivity contribution in [1.29, 1.82) is 0 Å². The molecule has 3 atom stereocenters. The minimum Gasteiger partial charge on any atom is -0.387 e. The second-order valence-electron chi connectivity index (χ2n) is 20.3. The van der Waals surface area contributed by atoms with Crippen molar-refractivity contribution in [2.45, 2.75) is 251 Å². The minimum absolute atomic E-state index is 0.0542. The van der Waals surface area contributed by atoms with Gasteiger partial charge in [0.2, 0.25) is 5.91 Å². The molecule has 69 heavy (non-hydrogen) atoms. The van der Waals surface area contributed by atoms with Gasteiger partial charge >= 0.3 is 7.82 Å². The van der Waals surface area contributed by atoms with E-state index in [-0.39, 0.29) is 19.1 Å². The van der Waals surface area contributed by atoms with Crippen molar-refractivity contribution in [2.24, 2.45) is 0 Å². The van der Waals surface area contributed by atoms with Gasteiger partial charge in [0.15, 0.2) is 0 Å². The van der Waals surface area contributed by atoms with E-state index in [1.807, 2.05) is 27.2 Å². The smallest absolute Gasteiger partial charge is 0.387 e. The van der Waals surface area contributed by atoms with Crippen LogP contribution in [0.25, 0.3) is 0 Å². The molecule has 0 aliphatic heterocycles. The lowest BCUT2D eigenvalue weighted by Crippen LogP contribution is -2.45. The van der Waals surface area contributed by atoms with Crippen molar-refractivity contribution in [2.75, 3.05) is 40.9 Å². The third-order valence-corrected chi connectivity index (χ3v) is 13.3. The maximum atomic E-state index is 13.0. The van der Waals surface area contributed by atoms with Crippen molar-refractivity contribution in [3.63, 3.8) is 0 Å². The zero-order valence-corrected chi connectivity index (χ0v) is 46.4. The fourth-order valence-corrected chi connectivity index (χ4v) is 8.64. The molecule has 8 nitrogen and oxygen atoms in total. The van der Waals surface area contributed by atoms with Crippen LogP contribution in [0.1, 0.15) is 239 Å². The molecule has 0 fully saturated rings. The van der Waals surface area contributed by atoms with Crippen LogP contribution in [-0.2, 0) is 18.4 Å². The number of likely N-dealkylation sites (N-methyl/N-ethyl adjacent to an activating group) is 1. The van der Waals surface area contributed by atoms with Gasteiger partial charge in [-0.25, -0.2) is 4.57 Å². The van der Waals surface area contributed by atoms with Gasteiger partial charge in [-0.1, -0.05) is 240 Å². The van der Waals surface area contributed by atoms with Crippen LogP contribution in [0.15, 0.2) is 85.1 Å². The Balaban J connectivity index is 4.09. The van der Waals surface area contributed by atoms with Crippen LogP contribution in [0, 0.1) is 0 Å². The van der Waals surface area contributed by atoms with E-state index in [9.17, 15) is 19.4 Å². The standard InChI is InChI=1S/C60H109N2O6P/c1-6-8-10-12-14-16-18-20-22-23-24-25-26-27-28-29-30-31-32-33-34-35-36-37-38-39-40-42-44-46-48-50-52-54-60(64)61-58(57-68-69(65,66)67-56-55-62(3,4)5)59(63)53-51-49-47-45-43-41-21-19-17-15-13-11-9-7-2/h8,10,14,16,20,22,24-25,27-28,43,45,51,53,58-59,63H,6-7,9,11-13,15,17-19,21,23,26,29-42,44,46-50,52,54-57H2,1-5H3,(H-,61,64,65,66)/p+1/b10-8-,16-14-,22-20-,25-24-,28-27-,45-43+,53-51+. The highest BCUT2D eigenvalue weighted by atomic mass is 31.2. The highest BCUT2D eigenvalue weighted by Gasteiger charge is 2.27. The van der Waals surface area contributed by atoms with Gasteiger partial charge in [-0.2, -0.15) is 0 Å². The molecule has 3 unspecified atom stereocenters. The summed E-state index contributed by atoms with van der Waals surface area (Å²) in [5, 5.41) is 13.9. The molecule has 0 bridgehead atoms. The summed E-state index contributed by atoms with van der Waals surface area (Å²) in [5.41, 5.74) is 0. The zero-order valence-electron chi connectivity index (χ0n) is 45.5. The molecule has 0 aliphatic rings. The summed E-state index contributed by atoms with van der Waals surface area (Å²) < 4.78 is 23.6. The first-order chi connectivity index (χ1) is 33.5. The maximum Gasteiger partial charge on any atom is 0.472 e. The molecule has 9 heteroatoms. The molecular weight excluding hydrogens is 876 g/mol. The highest BCUT2D eigenvalue weighted by Crippen LogP contribution is 2.43. The van der Waals surface area contributed by atoms with Crippen molar-refractivity contribution in [3.8, 4) is 0 Å². The molecule has 0 aromatic rings. The fraction of sp³-hybridized carbons (Fsp3) is 0.750. The average Bonchev–Trinajstić information content (AvgIpc) is 3.31. The molecule has 0 heterocycles. The van der Waals surface area contributed by atoms with Gasteiger partial charge in [-0.3, -0.25) is 13.8 Å². The lowest BCUT2D eigenvalue weighted by Gasteiger charge is -2.25. The van der Waals surface area contributed by atoms with Crippen LogP contribution in [0.4, 0.5) is 0 Å². The predicted molar refractivity (Wildman–Crippen MR) is 299 cm³/mol. The van der Waals surface area contributed by atoms with E-state index in [0.717, 1.165) is 70.6 Å². The number of hydrogen-bond acceptors (Lipinski definition) is 5. The molecule has 1 amide bonds. The summed E-state index contributed by atoms with van der Waals surface area (Å²) >= 11 is 0. The van der Waals surface area contributed by atoms with Gasteiger partial charge in [0.1, 0.15) is 13.2 Å². The van der Waals surface area contributed by atoms with Gasteiger partial charge in [-0.05, 0) is 77.0 Å². The first-order valence-electron chi connectivity index (χ1n) is 28.5. The Morgan fingerprint density at radius 1 is 0.507 bits per heavy atom. The molecule has 0 radical (unpaired) electrons. The Morgan fingerprint density at radius 2 is 0.884 bits per heavy atom. The summed E-state index contributed by atoms with van der Waals surface area (Å²) in [5.74, 6) is -0.188. The summed E-state index contributed by atoms with van der Waals surface area (Å²) in [4.78, 5) is 23.2. The number of rotatable bonds is 51. The second-order valence-corrected chi connectivity index (χ2v) is 21.7. The van der Waals surface area contributed by atoms with Crippen molar-refractivity contribution < 1.29 is 32.9 Å². The van der Waals surface area contributed by atoms with Gasteiger partial charge < -0.3 is 19.8 Å². The van der Waals surface area contributed by atoms with Crippen molar-refractivity contribution in [1.82, 2.24) is 5.32 Å². The first kappa shape index (κ1) is 66.7. The average molecular weight is 987 g/mol. The molecule has 0 spiro atoms. The normalized spacial score (nSPS) is 14.6. The largest absolute Gasteiger partial charge is 0.472 e. The van der Waals surface area contributed by atoms with Crippen LogP contribution in [0.5, 0.6) is 0 Å². The number of phosphoric acid groups is 1. The second kappa shape index (κ2) is 50.6. The van der Waals surface area contributed by atoms with Gasteiger partial charge in [-0.15, -0.1) is 0 Å². The Kier molecular flexibility index (Phi) is 48.9. The van der Waals surface area contributed by atoms with Gasteiger partial charge in [0.05, 0.1) is 39.9 Å². The summed E-state index contributed by atoms with van der Waals surface area (Å²) in [7, 11) is 1.55. The topological polar surface area (TPSA) is 105 Å². The Labute approximate surface area is 426 Å².